The number of hydrogen-bond donors (Lipinski definition) is 0. The van der Waals surface area contributed by atoms with Gasteiger partial charge in [-0.2, -0.15) is 0 Å². The molecule has 0 spiro atoms. The molecule has 0 aliphatic heterocycles. The summed E-state index contributed by atoms with van der Waals surface area (Å²) < 4.78 is 5.71. The van der Waals surface area contributed by atoms with Gasteiger partial charge in [0.25, 0.3) is 0 Å². The molecule has 0 heterocycles. The van der Waals surface area contributed by atoms with E-state index in [1.54, 1.807) is 12.1 Å². The van der Waals surface area contributed by atoms with Gasteiger partial charge in [0.15, 0.2) is 0 Å². The van der Waals surface area contributed by atoms with Gasteiger partial charge in [0.2, 0.25) is 0 Å². The summed E-state index contributed by atoms with van der Waals surface area (Å²) in [5.41, 5.74) is 2.51. The second kappa shape index (κ2) is 9.48. The van der Waals surface area contributed by atoms with Crippen molar-refractivity contribution in [2.24, 2.45) is 0 Å². The number of aldehydes is 1. The molecule has 2 nitrogen and oxygen atoms in total. The van der Waals surface area contributed by atoms with E-state index in [0.717, 1.165) is 36.2 Å². The second-order valence-electron chi connectivity index (χ2n) is 5.42. The fraction of sp³-hybridized carbons (Fsp3) is 0.286. The van der Waals surface area contributed by atoms with E-state index < -0.39 is 0 Å². The first kappa shape index (κ1) is 16.8. The quantitative estimate of drug-likeness (QED) is 0.415. The lowest BCUT2D eigenvalue weighted by Gasteiger charge is -2.05. The lowest BCUT2D eigenvalue weighted by atomic mass is 10.1. The van der Waals surface area contributed by atoms with Crippen molar-refractivity contribution < 1.29 is 9.53 Å². The summed E-state index contributed by atoms with van der Waals surface area (Å²) in [5.74, 6) is 7.10. The van der Waals surface area contributed by atoms with Crippen LogP contribution < -0.4 is 4.74 Å². The fourth-order valence-corrected chi connectivity index (χ4v) is 2.14. The molecule has 0 aromatic heterocycles. The average molecular weight is 306 g/mol. The third-order valence-corrected chi connectivity index (χ3v) is 3.52. The van der Waals surface area contributed by atoms with Gasteiger partial charge < -0.3 is 4.74 Å². The van der Waals surface area contributed by atoms with E-state index in [1.165, 1.54) is 19.3 Å². The summed E-state index contributed by atoms with van der Waals surface area (Å²) >= 11 is 0. The Morgan fingerprint density at radius 2 is 1.48 bits per heavy atom. The maximum Gasteiger partial charge on any atom is 0.150 e. The number of benzene rings is 2. The van der Waals surface area contributed by atoms with E-state index in [4.69, 9.17) is 4.74 Å². The smallest absolute Gasteiger partial charge is 0.150 e. The van der Waals surface area contributed by atoms with Crippen LogP contribution >= 0.6 is 0 Å². The van der Waals surface area contributed by atoms with Crippen LogP contribution in [0.2, 0.25) is 0 Å². The number of ether oxygens (including phenoxy) is 1. The van der Waals surface area contributed by atoms with E-state index in [1.807, 2.05) is 36.4 Å². The molecule has 0 N–H and O–H groups in total. The third kappa shape index (κ3) is 6.00. The Morgan fingerprint density at radius 3 is 2.04 bits per heavy atom. The summed E-state index contributed by atoms with van der Waals surface area (Å²) in [6.45, 7) is 2.98. The van der Waals surface area contributed by atoms with E-state index >= 15 is 0 Å². The van der Waals surface area contributed by atoms with Gasteiger partial charge in [-0.15, -0.1) is 0 Å². The van der Waals surface area contributed by atoms with Crippen molar-refractivity contribution in [2.45, 2.75) is 32.6 Å². The van der Waals surface area contributed by atoms with Crippen molar-refractivity contribution in [1.82, 2.24) is 0 Å². The average Bonchev–Trinajstić information content (AvgIpc) is 2.61. The van der Waals surface area contributed by atoms with E-state index in [-0.39, 0.29) is 0 Å². The summed E-state index contributed by atoms with van der Waals surface area (Å²) in [4.78, 5) is 10.6. The van der Waals surface area contributed by atoms with Crippen LogP contribution in [0.5, 0.6) is 5.75 Å². The highest BCUT2D eigenvalue weighted by Gasteiger charge is 1.95. The lowest BCUT2D eigenvalue weighted by molar-refractivity contribution is 0.112. The van der Waals surface area contributed by atoms with Gasteiger partial charge in [0.1, 0.15) is 12.0 Å². The van der Waals surface area contributed by atoms with Crippen molar-refractivity contribution in [3.05, 3.63) is 65.2 Å². The summed E-state index contributed by atoms with van der Waals surface area (Å²) in [5, 5.41) is 0. The lowest BCUT2D eigenvalue weighted by Crippen LogP contribution is -1.96. The molecule has 0 saturated carbocycles. The van der Waals surface area contributed by atoms with Crippen LogP contribution in [0.15, 0.2) is 48.5 Å². The summed E-state index contributed by atoms with van der Waals surface area (Å²) in [6, 6.07) is 15.1. The Morgan fingerprint density at radius 1 is 0.870 bits per heavy atom. The van der Waals surface area contributed by atoms with Crippen LogP contribution in [-0.4, -0.2) is 12.9 Å². The maximum absolute atomic E-state index is 10.6. The van der Waals surface area contributed by atoms with Crippen molar-refractivity contribution in [3.63, 3.8) is 0 Å². The number of carbonyl (C=O) groups is 1. The molecule has 118 valence electrons. The topological polar surface area (TPSA) is 26.3 Å². The predicted molar refractivity (Wildman–Crippen MR) is 93.9 cm³/mol. The molecule has 0 amide bonds. The molecule has 0 unspecified atom stereocenters. The highest BCUT2D eigenvalue weighted by atomic mass is 16.5. The number of carbonyl (C=O) groups excluding carboxylic acids is 1. The molecule has 0 fully saturated rings. The molecule has 0 bridgehead atoms. The van der Waals surface area contributed by atoms with Gasteiger partial charge in [0.05, 0.1) is 6.61 Å². The summed E-state index contributed by atoms with van der Waals surface area (Å²) in [7, 11) is 0. The largest absolute Gasteiger partial charge is 0.494 e. The number of unbranched alkanes of at least 4 members (excludes halogenated alkanes) is 3. The van der Waals surface area contributed by atoms with Crippen LogP contribution in [-0.2, 0) is 0 Å². The Kier molecular flexibility index (Phi) is 6.94. The van der Waals surface area contributed by atoms with Crippen molar-refractivity contribution in [3.8, 4) is 17.6 Å². The maximum atomic E-state index is 10.6. The molecule has 2 aromatic carbocycles. The normalized spacial score (nSPS) is 9.78. The molecule has 0 aliphatic rings. The van der Waals surface area contributed by atoms with Gasteiger partial charge in [0, 0.05) is 16.7 Å². The van der Waals surface area contributed by atoms with Crippen LogP contribution in [0.4, 0.5) is 0 Å². The van der Waals surface area contributed by atoms with E-state index in [2.05, 4.69) is 18.8 Å². The second-order valence-corrected chi connectivity index (χ2v) is 5.42. The number of hydrogen-bond acceptors (Lipinski definition) is 2. The Balaban J connectivity index is 1.87. The predicted octanol–water partition coefficient (Wildman–Crippen LogP) is 4.86. The minimum Gasteiger partial charge on any atom is -0.494 e. The molecule has 0 saturated heterocycles. The van der Waals surface area contributed by atoms with Crippen molar-refractivity contribution in [1.29, 1.82) is 0 Å². The van der Waals surface area contributed by atoms with Crippen LogP contribution in [0, 0.1) is 11.8 Å². The number of rotatable bonds is 7. The molecular formula is C21H22O2. The Labute approximate surface area is 138 Å². The monoisotopic (exact) mass is 306 g/mol. The van der Waals surface area contributed by atoms with Crippen molar-refractivity contribution >= 4 is 6.29 Å². The van der Waals surface area contributed by atoms with Crippen LogP contribution in [0.3, 0.4) is 0 Å². The van der Waals surface area contributed by atoms with E-state index in [9.17, 15) is 4.79 Å². The highest BCUT2D eigenvalue weighted by molar-refractivity contribution is 5.74. The first-order chi connectivity index (χ1) is 11.3. The zero-order valence-corrected chi connectivity index (χ0v) is 13.5. The molecule has 0 atom stereocenters. The van der Waals surface area contributed by atoms with Crippen molar-refractivity contribution in [2.75, 3.05) is 6.61 Å². The Bertz CT molecular complexity index is 658. The molecule has 0 radical (unpaired) electrons. The molecule has 2 rings (SSSR count). The minimum absolute atomic E-state index is 0.663. The van der Waals surface area contributed by atoms with Crippen LogP contribution in [0.1, 0.15) is 54.1 Å². The standard InChI is InChI=1S/C21H22O2/c1-2-3-4-5-16-23-21-14-12-19(13-15-21)7-6-18-8-10-20(17-22)11-9-18/h8-15,17H,2-5,16H2,1H3. The highest BCUT2D eigenvalue weighted by Crippen LogP contribution is 2.12. The van der Waals surface area contributed by atoms with Gasteiger partial charge in [-0.3, -0.25) is 4.79 Å². The first-order valence-corrected chi connectivity index (χ1v) is 8.12. The molecule has 0 aliphatic carbocycles. The zero-order chi connectivity index (χ0) is 16.3. The van der Waals surface area contributed by atoms with Gasteiger partial charge in [-0.25, -0.2) is 0 Å². The van der Waals surface area contributed by atoms with Gasteiger partial charge in [-0.05, 0) is 42.8 Å². The fourth-order valence-electron chi connectivity index (χ4n) is 2.14. The Hall–Kier alpha value is -2.53. The SMILES string of the molecule is CCCCCCOc1ccc(C#Cc2ccc(C=O)cc2)cc1. The zero-order valence-electron chi connectivity index (χ0n) is 13.5. The molecule has 2 heteroatoms. The first-order valence-electron chi connectivity index (χ1n) is 8.12. The third-order valence-electron chi connectivity index (χ3n) is 3.52. The molecule has 23 heavy (non-hydrogen) atoms. The summed E-state index contributed by atoms with van der Waals surface area (Å²) in [6.07, 6.45) is 5.67. The molecular weight excluding hydrogens is 284 g/mol. The van der Waals surface area contributed by atoms with Gasteiger partial charge >= 0.3 is 0 Å². The minimum atomic E-state index is 0.663. The molecule has 2 aromatic rings. The van der Waals surface area contributed by atoms with Gasteiger partial charge in [-0.1, -0.05) is 50.2 Å². The van der Waals surface area contributed by atoms with E-state index in [0.29, 0.717) is 5.56 Å². The van der Waals surface area contributed by atoms with Crippen LogP contribution in [0.25, 0.3) is 0 Å².